The Kier molecular flexibility index (Phi) is 19.6. The number of hydrogen-bond acceptors (Lipinski definition) is 1. The van der Waals surface area contributed by atoms with Crippen molar-refractivity contribution in [2.24, 2.45) is 0 Å². The number of hydrogen-bond donors (Lipinski definition) is 1. The maximum absolute atomic E-state index is 10.4. The second-order valence-electron chi connectivity index (χ2n) is 6.28. The summed E-state index contributed by atoms with van der Waals surface area (Å²) >= 11 is 2.45. The van der Waals surface area contributed by atoms with Crippen molar-refractivity contribution in [2.45, 2.75) is 103 Å². The summed E-state index contributed by atoms with van der Waals surface area (Å²) in [5.74, 6) is 5.96. The molecule has 0 aliphatic rings. The number of carboxylic acids is 1. The van der Waals surface area contributed by atoms with Crippen LogP contribution in [0.2, 0.25) is 0 Å². The first kappa shape index (κ1) is 22.8. The molecule has 0 heterocycles. The van der Waals surface area contributed by atoms with Gasteiger partial charge in [-0.3, -0.25) is 4.79 Å². The fourth-order valence-corrected chi connectivity index (χ4v) is 3.10. The van der Waals surface area contributed by atoms with Gasteiger partial charge < -0.3 is 5.11 Å². The molecule has 0 aromatic rings. The molecule has 0 aromatic carbocycles. The van der Waals surface area contributed by atoms with Crippen LogP contribution in [-0.2, 0) is 4.79 Å². The summed E-state index contributed by atoms with van der Waals surface area (Å²) in [7, 11) is 0. The molecule has 0 bridgehead atoms. The van der Waals surface area contributed by atoms with Crippen LogP contribution in [0.4, 0.5) is 0 Å². The lowest BCUT2D eigenvalue weighted by Crippen LogP contribution is -1.93. The number of unbranched alkanes of at least 4 members (excludes halogenated alkanes) is 13. The smallest absolute Gasteiger partial charge is 0.303 e. The minimum Gasteiger partial charge on any atom is -0.481 e. The molecular formula is C20H35IO2. The topological polar surface area (TPSA) is 37.3 Å². The summed E-state index contributed by atoms with van der Waals surface area (Å²) in [6, 6.07) is 0. The van der Waals surface area contributed by atoms with E-state index in [1.165, 1.54) is 75.1 Å². The van der Waals surface area contributed by atoms with E-state index >= 15 is 0 Å². The van der Waals surface area contributed by atoms with Gasteiger partial charge in [0.1, 0.15) is 0 Å². The van der Waals surface area contributed by atoms with E-state index in [0.29, 0.717) is 6.42 Å². The molecule has 0 rings (SSSR count). The lowest BCUT2D eigenvalue weighted by Gasteiger charge is -2.00. The number of carbonyl (C=O) groups is 1. The van der Waals surface area contributed by atoms with Crippen molar-refractivity contribution in [3.8, 4) is 11.8 Å². The number of halogens is 1. The highest BCUT2D eigenvalue weighted by Gasteiger charge is 1.96. The van der Waals surface area contributed by atoms with Gasteiger partial charge in [-0.15, -0.1) is 11.8 Å². The summed E-state index contributed by atoms with van der Waals surface area (Å²) < 4.78 is 1.29. The number of carboxylic acid groups (broad SMARTS) is 1. The van der Waals surface area contributed by atoms with Gasteiger partial charge in [-0.25, -0.2) is 0 Å². The molecule has 1 N–H and O–H groups in total. The van der Waals surface area contributed by atoms with E-state index in [1.807, 2.05) is 0 Å². The molecule has 3 heteroatoms. The Morgan fingerprint density at radius 3 is 1.48 bits per heavy atom. The lowest BCUT2D eigenvalue weighted by atomic mass is 10.1. The summed E-state index contributed by atoms with van der Waals surface area (Å²) in [6.45, 7) is 0. The molecule has 0 radical (unpaired) electrons. The van der Waals surface area contributed by atoms with E-state index in [9.17, 15) is 4.79 Å². The highest BCUT2D eigenvalue weighted by atomic mass is 127. The normalized spacial score (nSPS) is 10.3. The monoisotopic (exact) mass is 434 g/mol. The Morgan fingerprint density at radius 2 is 1.04 bits per heavy atom. The van der Waals surface area contributed by atoms with E-state index < -0.39 is 5.97 Å². The highest BCUT2D eigenvalue weighted by Crippen LogP contribution is 2.10. The standard InChI is InChI=1S/C20H35IO2/c21-19-17-15-13-11-9-7-5-3-1-2-4-6-8-10-12-14-16-18-20(22)23/h1-2,4,6-19H2,(H,22,23). The minimum absolute atomic E-state index is 0.330. The Labute approximate surface area is 157 Å². The van der Waals surface area contributed by atoms with Crippen LogP contribution in [0.15, 0.2) is 0 Å². The van der Waals surface area contributed by atoms with Crippen molar-refractivity contribution in [1.29, 1.82) is 0 Å². The Hall–Kier alpha value is -0.240. The van der Waals surface area contributed by atoms with E-state index in [1.54, 1.807) is 0 Å². The van der Waals surface area contributed by atoms with Crippen LogP contribution < -0.4 is 0 Å². The second kappa shape index (κ2) is 19.8. The van der Waals surface area contributed by atoms with Crippen LogP contribution >= 0.6 is 22.6 Å². The zero-order valence-electron chi connectivity index (χ0n) is 14.8. The summed E-state index contributed by atoms with van der Waals surface area (Å²) in [5, 5.41) is 8.54. The van der Waals surface area contributed by atoms with Gasteiger partial charge in [-0.05, 0) is 30.1 Å². The van der Waals surface area contributed by atoms with Gasteiger partial charge >= 0.3 is 5.97 Å². The fourth-order valence-electron chi connectivity index (χ4n) is 2.57. The van der Waals surface area contributed by atoms with E-state index in [2.05, 4.69) is 34.4 Å². The molecule has 23 heavy (non-hydrogen) atoms. The van der Waals surface area contributed by atoms with Crippen LogP contribution in [0.5, 0.6) is 0 Å². The van der Waals surface area contributed by atoms with Crippen LogP contribution in [0.1, 0.15) is 103 Å². The molecule has 0 aromatic heterocycles. The molecular weight excluding hydrogens is 399 g/mol. The predicted octanol–water partition coefficient (Wildman–Crippen LogP) is 6.75. The molecule has 0 spiro atoms. The minimum atomic E-state index is -0.665. The molecule has 134 valence electrons. The van der Waals surface area contributed by atoms with Crippen molar-refractivity contribution < 1.29 is 9.90 Å². The van der Waals surface area contributed by atoms with Crippen LogP contribution in [0.25, 0.3) is 0 Å². The van der Waals surface area contributed by atoms with Crippen LogP contribution in [-0.4, -0.2) is 15.5 Å². The first-order chi connectivity index (χ1) is 11.3. The zero-order chi connectivity index (χ0) is 17.0. The van der Waals surface area contributed by atoms with Crippen molar-refractivity contribution in [3.63, 3.8) is 0 Å². The van der Waals surface area contributed by atoms with Crippen molar-refractivity contribution in [2.75, 3.05) is 4.43 Å². The summed E-state index contributed by atoms with van der Waals surface area (Å²) in [5.41, 5.74) is 0. The third-order valence-corrected chi connectivity index (χ3v) is 4.77. The van der Waals surface area contributed by atoms with E-state index in [0.717, 1.165) is 25.7 Å². The molecule has 0 fully saturated rings. The van der Waals surface area contributed by atoms with Gasteiger partial charge in [0.2, 0.25) is 0 Å². The Balaban J connectivity index is 3.10. The molecule has 0 aliphatic carbocycles. The van der Waals surface area contributed by atoms with Crippen LogP contribution in [0.3, 0.4) is 0 Å². The van der Waals surface area contributed by atoms with Gasteiger partial charge in [-0.2, -0.15) is 0 Å². The number of alkyl halides is 1. The third kappa shape index (κ3) is 21.8. The average molecular weight is 434 g/mol. The Morgan fingerprint density at radius 1 is 0.652 bits per heavy atom. The largest absolute Gasteiger partial charge is 0.481 e. The highest BCUT2D eigenvalue weighted by molar-refractivity contribution is 14.1. The first-order valence-corrected chi connectivity index (χ1v) is 11.0. The first-order valence-electron chi connectivity index (χ1n) is 9.51. The molecule has 0 atom stereocenters. The SMILES string of the molecule is O=C(O)CCCCCCCCCCC#CCCCCCCCI. The van der Waals surface area contributed by atoms with Crippen molar-refractivity contribution in [1.82, 2.24) is 0 Å². The van der Waals surface area contributed by atoms with Crippen molar-refractivity contribution >= 4 is 28.6 Å². The average Bonchev–Trinajstić information content (AvgIpc) is 2.53. The summed E-state index contributed by atoms with van der Waals surface area (Å²) in [6.07, 6.45) is 18.7. The van der Waals surface area contributed by atoms with E-state index in [-0.39, 0.29) is 0 Å². The van der Waals surface area contributed by atoms with Gasteiger partial charge in [0.15, 0.2) is 0 Å². The number of aliphatic carboxylic acids is 1. The lowest BCUT2D eigenvalue weighted by molar-refractivity contribution is -0.137. The molecule has 0 unspecified atom stereocenters. The second-order valence-corrected chi connectivity index (χ2v) is 7.36. The van der Waals surface area contributed by atoms with Gasteiger partial charge in [0, 0.05) is 19.3 Å². The quantitative estimate of drug-likeness (QED) is 0.126. The van der Waals surface area contributed by atoms with E-state index in [4.69, 9.17) is 5.11 Å². The molecule has 0 saturated carbocycles. The predicted molar refractivity (Wildman–Crippen MR) is 108 cm³/mol. The number of rotatable bonds is 16. The van der Waals surface area contributed by atoms with Gasteiger partial charge in [-0.1, -0.05) is 80.4 Å². The van der Waals surface area contributed by atoms with Gasteiger partial charge in [0.05, 0.1) is 0 Å². The van der Waals surface area contributed by atoms with Crippen molar-refractivity contribution in [3.05, 3.63) is 0 Å². The third-order valence-electron chi connectivity index (χ3n) is 4.00. The zero-order valence-corrected chi connectivity index (χ0v) is 16.9. The fraction of sp³-hybridized carbons (Fsp3) is 0.850. The maximum atomic E-state index is 10.4. The molecule has 0 amide bonds. The molecule has 0 aliphatic heterocycles. The molecule has 0 saturated heterocycles. The van der Waals surface area contributed by atoms with Crippen LogP contribution in [0, 0.1) is 11.8 Å². The maximum Gasteiger partial charge on any atom is 0.303 e. The summed E-state index contributed by atoms with van der Waals surface area (Å²) in [4.78, 5) is 10.4. The van der Waals surface area contributed by atoms with Gasteiger partial charge in [0.25, 0.3) is 0 Å². The molecule has 2 nitrogen and oxygen atoms in total. The Bertz CT molecular complexity index is 317.